The number of carbonyl (C=O) groups excluding carboxylic acids is 2. The molecule has 39 heavy (non-hydrogen) atoms. The highest BCUT2D eigenvalue weighted by atomic mass is 19.1. The molecule has 1 fully saturated rings. The number of nitrogens with zero attached hydrogens (tertiary/aromatic N) is 4. The molecule has 4 N–H and O–H groups in total. The van der Waals surface area contributed by atoms with Crippen molar-refractivity contribution in [2.24, 2.45) is 13.0 Å². The lowest BCUT2D eigenvalue weighted by Gasteiger charge is -2.23. The van der Waals surface area contributed by atoms with Crippen molar-refractivity contribution < 1.29 is 23.8 Å². The van der Waals surface area contributed by atoms with Crippen molar-refractivity contribution in [1.29, 1.82) is 0 Å². The predicted molar refractivity (Wildman–Crippen MR) is 145 cm³/mol. The van der Waals surface area contributed by atoms with E-state index in [-0.39, 0.29) is 46.0 Å². The van der Waals surface area contributed by atoms with E-state index in [0.29, 0.717) is 11.4 Å². The molecule has 2 aromatic heterocycles. The number of carbonyl (C=O) groups is 2. The summed E-state index contributed by atoms with van der Waals surface area (Å²) in [6.07, 6.45) is 1.53. The summed E-state index contributed by atoms with van der Waals surface area (Å²) in [6, 6.07) is 5.34. The van der Waals surface area contributed by atoms with E-state index >= 15 is 0 Å². The standard InChI is InChI=1S/C24H25B3FN7O4/c1-23(2,38)17-9-14(34-35(17)3)13-7-12(28)8-16(20(13)39-4)29-15-10-18(30-21(36)11-5-6-11)32-33-19(15)22(37)31-24(25,26)27/h7-11,38H,5-6H2,1-4H3,(H,31,37)(H2,29,30,32,36). The number of hydrogen-bond acceptors (Lipinski definition) is 8. The third kappa shape index (κ3) is 6.59. The van der Waals surface area contributed by atoms with Gasteiger partial charge in [-0.15, -0.1) is 10.2 Å². The molecule has 1 aromatic carbocycles. The maximum atomic E-state index is 14.9. The van der Waals surface area contributed by atoms with Gasteiger partial charge in [0, 0.05) is 30.7 Å². The number of amides is 2. The number of aliphatic hydroxyl groups is 1. The van der Waals surface area contributed by atoms with E-state index in [1.165, 1.54) is 23.9 Å². The summed E-state index contributed by atoms with van der Waals surface area (Å²) in [6.45, 7) is 3.20. The maximum Gasteiger partial charge on any atom is 0.272 e. The van der Waals surface area contributed by atoms with E-state index in [9.17, 15) is 19.1 Å². The molecule has 1 aliphatic carbocycles. The second-order valence-corrected chi connectivity index (χ2v) is 9.90. The van der Waals surface area contributed by atoms with Gasteiger partial charge in [-0.3, -0.25) is 14.3 Å². The van der Waals surface area contributed by atoms with E-state index in [4.69, 9.17) is 28.3 Å². The van der Waals surface area contributed by atoms with Crippen LogP contribution in [-0.2, 0) is 17.4 Å². The highest BCUT2D eigenvalue weighted by Gasteiger charge is 2.30. The van der Waals surface area contributed by atoms with Crippen molar-refractivity contribution in [2.45, 2.75) is 37.5 Å². The predicted octanol–water partition coefficient (Wildman–Crippen LogP) is 1.19. The van der Waals surface area contributed by atoms with Crippen LogP contribution in [0.1, 0.15) is 42.9 Å². The first kappa shape index (κ1) is 28.2. The largest absolute Gasteiger partial charge is 0.494 e. The number of aryl methyl sites for hydroxylation is 1. The number of hydrogen-bond donors (Lipinski definition) is 4. The summed E-state index contributed by atoms with van der Waals surface area (Å²) in [5, 5.41) is 28.4. The van der Waals surface area contributed by atoms with Gasteiger partial charge in [-0.1, -0.05) is 5.24 Å². The smallest absolute Gasteiger partial charge is 0.272 e. The van der Waals surface area contributed by atoms with Crippen LogP contribution < -0.4 is 20.7 Å². The fourth-order valence-electron chi connectivity index (χ4n) is 3.96. The molecule has 1 aliphatic rings. The molecule has 0 saturated heterocycles. The quantitative estimate of drug-likeness (QED) is 0.304. The topological polar surface area (TPSA) is 143 Å². The minimum atomic E-state index is -2.06. The second-order valence-electron chi connectivity index (χ2n) is 9.90. The van der Waals surface area contributed by atoms with Crippen molar-refractivity contribution in [2.75, 3.05) is 17.7 Å². The van der Waals surface area contributed by atoms with Gasteiger partial charge in [0.25, 0.3) is 5.91 Å². The monoisotopic (exact) mass is 527 g/mol. The number of aromatic nitrogens is 4. The molecule has 11 nitrogen and oxygen atoms in total. The normalized spacial score (nSPS) is 13.6. The third-order valence-electron chi connectivity index (χ3n) is 5.85. The molecule has 2 heterocycles. The molecule has 3 aromatic rings. The zero-order chi connectivity index (χ0) is 28.7. The first-order valence-corrected chi connectivity index (χ1v) is 12.0. The number of nitrogens with one attached hydrogen (secondary N) is 3. The van der Waals surface area contributed by atoms with E-state index in [0.717, 1.165) is 18.9 Å². The van der Waals surface area contributed by atoms with E-state index < -0.39 is 22.6 Å². The lowest BCUT2D eigenvalue weighted by molar-refractivity contribution is -0.117. The Kier molecular flexibility index (Phi) is 7.48. The fraction of sp³-hybridized carbons (Fsp3) is 0.375. The molecular formula is C24H25B3FN7O4. The van der Waals surface area contributed by atoms with Crippen LogP contribution in [0.3, 0.4) is 0 Å². The molecule has 0 unspecified atom stereocenters. The van der Waals surface area contributed by atoms with Crippen molar-refractivity contribution in [1.82, 2.24) is 25.3 Å². The molecule has 15 heteroatoms. The summed E-state index contributed by atoms with van der Waals surface area (Å²) >= 11 is 0. The Labute approximate surface area is 228 Å². The van der Waals surface area contributed by atoms with Crippen molar-refractivity contribution >= 4 is 52.5 Å². The summed E-state index contributed by atoms with van der Waals surface area (Å²) in [5.41, 5.74) is -0.295. The number of halogens is 1. The highest BCUT2D eigenvalue weighted by molar-refractivity contribution is 6.60. The summed E-state index contributed by atoms with van der Waals surface area (Å²) in [4.78, 5) is 25.1. The number of benzene rings is 1. The van der Waals surface area contributed by atoms with Crippen LogP contribution in [0.15, 0.2) is 24.3 Å². The van der Waals surface area contributed by atoms with Gasteiger partial charge < -0.3 is 25.8 Å². The lowest BCUT2D eigenvalue weighted by atomic mass is 9.49. The average Bonchev–Trinajstić information content (AvgIpc) is 3.58. The third-order valence-corrected chi connectivity index (χ3v) is 5.85. The summed E-state index contributed by atoms with van der Waals surface area (Å²) in [5.74, 6) is -1.65. The van der Waals surface area contributed by atoms with Gasteiger partial charge in [0.2, 0.25) is 5.91 Å². The van der Waals surface area contributed by atoms with Crippen molar-refractivity contribution in [3.8, 4) is 17.0 Å². The molecule has 0 bridgehead atoms. The Balaban J connectivity index is 1.79. The molecule has 1 saturated carbocycles. The van der Waals surface area contributed by atoms with Crippen molar-refractivity contribution in [3.05, 3.63) is 41.5 Å². The van der Waals surface area contributed by atoms with Crippen LogP contribution in [0.5, 0.6) is 5.75 Å². The van der Waals surface area contributed by atoms with E-state index in [1.807, 2.05) is 0 Å². The van der Waals surface area contributed by atoms with Crippen LogP contribution >= 0.6 is 0 Å². The summed E-state index contributed by atoms with van der Waals surface area (Å²) < 4.78 is 22.0. The maximum absolute atomic E-state index is 14.9. The number of methoxy groups -OCH3 is 1. The van der Waals surface area contributed by atoms with E-state index in [1.54, 1.807) is 27.0 Å². The molecule has 0 aliphatic heterocycles. The molecule has 6 radical (unpaired) electrons. The molecule has 0 atom stereocenters. The average molecular weight is 527 g/mol. The van der Waals surface area contributed by atoms with Crippen LogP contribution in [0.4, 0.5) is 21.6 Å². The second kappa shape index (κ2) is 10.4. The van der Waals surface area contributed by atoms with Gasteiger partial charge in [-0.25, -0.2) is 4.39 Å². The number of anilines is 3. The molecule has 196 valence electrons. The summed E-state index contributed by atoms with van der Waals surface area (Å²) in [7, 11) is 19.6. The first-order valence-electron chi connectivity index (χ1n) is 12.0. The molecular weight excluding hydrogens is 502 g/mol. The van der Waals surface area contributed by atoms with Gasteiger partial charge in [0.15, 0.2) is 17.3 Å². The zero-order valence-corrected chi connectivity index (χ0v) is 21.9. The van der Waals surface area contributed by atoms with Crippen LogP contribution in [0.25, 0.3) is 11.3 Å². The Hall–Kier alpha value is -3.87. The number of rotatable bonds is 9. The first-order chi connectivity index (χ1) is 18.2. The zero-order valence-electron chi connectivity index (χ0n) is 21.9. The van der Waals surface area contributed by atoms with Gasteiger partial charge in [-0.05, 0) is 38.8 Å². The van der Waals surface area contributed by atoms with Crippen LogP contribution in [0, 0.1) is 11.7 Å². The Morgan fingerprint density at radius 2 is 1.82 bits per heavy atom. The number of ether oxygens (including phenoxy) is 1. The minimum Gasteiger partial charge on any atom is -0.494 e. The highest BCUT2D eigenvalue weighted by Crippen LogP contribution is 2.40. The van der Waals surface area contributed by atoms with E-state index in [2.05, 4.69) is 31.2 Å². The lowest BCUT2D eigenvalue weighted by Crippen LogP contribution is -2.50. The van der Waals surface area contributed by atoms with Crippen molar-refractivity contribution in [3.63, 3.8) is 0 Å². The van der Waals surface area contributed by atoms with Gasteiger partial charge in [-0.2, -0.15) is 5.10 Å². The van der Waals surface area contributed by atoms with Gasteiger partial charge in [0.1, 0.15) is 11.4 Å². The Morgan fingerprint density at radius 3 is 2.38 bits per heavy atom. The van der Waals surface area contributed by atoms with Crippen LogP contribution in [0.2, 0.25) is 0 Å². The SMILES string of the molecule is [B]C([B])([B])NC(=O)c1nnc(NC(=O)C2CC2)cc1Nc1cc(F)cc(-c2cc(C(C)(C)O)n(C)n2)c1OC. The van der Waals surface area contributed by atoms with Gasteiger partial charge >= 0.3 is 0 Å². The molecule has 4 rings (SSSR count). The van der Waals surface area contributed by atoms with Crippen LogP contribution in [-0.4, -0.2) is 72.8 Å². The Bertz CT molecular complexity index is 1430. The fourth-order valence-corrected chi connectivity index (χ4v) is 3.96. The van der Waals surface area contributed by atoms with Gasteiger partial charge in [0.05, 0.1) is 53.4 Å². The molecule has 2 amide bonds. The molecule has 0 spiro atoms. The Morgan fingerprint density at radius 1 is 1.13 bits per heavy atom. The minimum absolute atomic E-state index is 0.0194.